The molecule has 0 aliphatic rings. The highest BCUT2D eigenvalue weighted by molar-refractivity contribution is 5.79. The van der Waals surface area contributed by atoms with E-state index in [-0.39, 0.29) is 0 Å². The van der Waals surface area contributed by atoms with Crippen molar-refractivity contribution in [1.29, 1.82) is 0 Å². The normalized spacial score (nSPS) is 10.8. The second-order valence-corrected chi connectivity index (χ2v) is 6.35. The molecule has 1 aromatic carbocycles. The van der Waals surface area contributed by atoms with Crippen LogP contribution < -0.4 is 19.5 Å². The number of aryl methyl sites for hydroxylation is 1. The van der Waals surface area contributed by atoms with Gasteiger partial charge in [-0.05, 0) is 25.1 Å². The number of benzene rings is 1. The molecular formula is C21H21N5O3. The van der Waals surface area contributed by atoms with Crippen molar-refractivity contribution in [2.75, 3.05) is 26.6 Å². The van der Waals surface area contributed by atoms with E-state index < -0.39 is 0 Å². The van der Waals surface area contributed by atoms with Gasteiger partial charge in [-0.1, -0.05) is 0 Å². The van der Waals surface area contributed by atoms with Gasteiger partial charge in [0.05, 0.1) is 27.0 Å². The first kappa shape index (κ1) is 18.5. The van der Waals surface area contributed by atoms with Crippen molar-refractivity contribution >= 4 is 22.7 Å². The average Bonchev–Trinajstić information content (AvgIpc) is 3.16. The number of hydrogen-bond donors (Lipinski definition) is 1. The van der Waals surface area contributed by atoms with E-state index in [0.29, 0.717) is 23.2 Å². The molecule has 1 N–H and O–H groups in total. The van der Waals surface area contributed by atoms with Crippen LogP contribution in [-0.2, 0) is 0 Å². The van der Waals surface area contributed by atoms with Gasteiger partial charge in [0.1, 0.15) is 5.65 Å². The van der Waals surface area contributed by atoms with E-state index in [4.69, 9.17) is 19.2 Å². The molecule has 0 saturated carbocycles. The number of nitrogens with zero attached hydrogens (tertiary/aromatic N) is 4. The minimum Gasteiger partial charge on any atom is -0.493 e. The van der Waals surface area contributed by atoms with Crippen molar-refractivity contribution in [3.05, 3.63) is 54.6 Å². The number of anilines is 2. The summed E-state index contributed by atoms with van der Waals surface area (Å²) in [4.78, 5) is 13.4. The first-order valence-electron chi connectivity index (χ1n) is 8.97. The van der Waals surface area contributed by atoms with Gasteiger partial charge in [-0.25, -0.2) is 4.98 Å². The Morgan fingerprint density at radius 1 is 0.931 bits per heavy atom. The Morgan fingerprint density at radius 2 is 1.69 bits per heavy atom. The van der Waals surface area contributed by atoms with Crippen LogP contribution in [0.5, 0.6) is 17.2 Å². The summed E-state index contributed by atoms with van der Waals surface area (Å²) in [6.45, 7) is 1.96. The van der Waals surface area contributed by atoms with Gasteiger partial charge in [0.15, 0.2) is 11.5 Å². The van der Waals surface area contributed by atoms with Crippen LogP contribution in [0.1, 0.15) is 5.69 Å². The molecule has 0 aliphatic carbocycles. The van der Waals surface area contributed by atoms with Gasteiger partial charge in [-0.2, -0.15) is 4.98 Å². The maximum Gasteiger partial charge on any atom is 0.229 e. The molecule has 0 bridgehead atoms. The van der Waals surface area contributed by atoms with E-state index in [0.717, 1.165) is 28.1 Å². The van der Waals surface area contributed by atoms with E-state index in [1.54, 1.807) is 45.9 Å². The molecule has 0 aliphatic heterocycles. The largest absolute Gasteiger partial charge is 0.493 e. The minimum absolute atomic E-state index is 0.456. The highest BCUT2D eigenvalue weighted by Gasteiger charge is 2.14. The predicted octanol–water partition coefficient (Wildman–Crippen LogP) is 3.89. The molecule has 3 aromatic heterocycles. The van der Waals surface area contributed by atoms with Crippen LogP contribution in [0.3, 0.4) is 0 Å². The zero-order valence-corrected chi connectivity index (χ0v) is 16.6. The lowest BCUT2D eigenvalue weighted by atomic mass is 10.2. The summed E-state index contributed by atoms with van der Waals surface area (Å²) in [5.74, 6) is 2.08. The van der Waals surface area contributed by atoms with Gasteiger partial charge in [-0.15, -0.1) is 0 Å². The van der Waals surface area contributed by atoms with Crippen LogP contribution in [0.2, 0.25) is 0 Å². The highest BCUT2D eigenvalue weighted by atomic mass is 16.5. The van der Waals surface area contributed by atoms with Crippen LogP contribution in [0.4, 0.5) is 11.6 Å². The zero-order valence-electron chi connectivity index (χ0n) is 16.6. The summed E-state index contributed by atoms with van der Waals surface area (Å²) < 4.78 is 18.2. The van der Waals surface area contributed by atoms with Crippen molar-refractivity contribution in [2.24, 2.45) is 0 Å². The molecule has 0 fully saturated rings. The molecule has 8 heteroatoms. The van der Waals surface area contributed by atoms with Gasteiger partial charge >= 0.3 is 0 Å². The summed E-state index contributed by atoms with van der Waals surface area (Å²) in [5.41, 5.74) is 3.44. The van der Waals surface area contributed by atoms with Crippen LogP contribution >= 0.6 is 0 Å². The predicted molar refractivity (Wildman–Crippen MR) is 111 cm³/mol. The maximum atomic E-state index is 5.41. The fourth-order valence-electron chi connectivity index (χ4n) is 3.15. The first-order valence-corrected chi connectivity index (χ1v) is 8.97. The van der Waals surface area contributed by atoms with Gasteiger partial charge in [0.25, 0.3) is 0 Å². The number of rotatable bonds is 6. The van der Waals surface area contributed by atoms with Gasteiger partial charge in [-0.3, -0.25) is 4.98 Å². The second kappa shape index (κ2) is 7.67. The van der Waals surface area contributed by atoms with E-state index in [2.05, 4.69) is 15.3 Å². The monoisotopic (exact) mass is 391 g/mol. The van der Waals surface area contributed by atoms with Crippen molar-refractivity contribution in [3.8, 4) is 22.9 Å². The number of nitrogens with one attached hydrogen (secondary N) is 1. The van der Waals surface area contributed by atoms with Crippen LogP contribution in [0, 0.1) is 6.92 Å². The maximum absolute atomic E-state index is 5.41. The van der Waals surface area contributed by atoms with Crippen molar-refractivity contribution in [1.82, 2.24) is 19.5 Å². The second-order valence-electron chi connectivity index (χ2n) is 6.35. The molecular weight excluding hydrogens is 370 g/mol. The lowest BCUT2D eigenvalue weighted by molar-refractivity contribution is 0.324. The summed E-state index contributed by atoms with van der Waals surface area (Å²) in [5, 5.41) is 4.15. The van der Waals surface area contributed by atoms with Gasteiger partial charge in [0.2, 0.25) is 11.7 Å². The van der Waals surface area contributed by atoms with Crippen LogP contribution in [0.15, 0.2) is 48.9 Å². The van der Waals surface area contributed by atoms with Gasteiger partial charge in [0, 0.05) is 47.5 Å². The lowest BCUT2D eigenvalue weighted by Gasteiger charge is -2.14. The highest BCUT2D eigenvalue weighted by Crippen LogP contribution is 2.40. The Morgan fingerprint density at radius 3 is 2.34 bits per heavy atom. The minimum atomic E-state index is 0.456. The molecule has 4 aromatic rings. The number of hydrogen-bond acceptors (Lipinski definition) is 7. The Kier molecular flexibility index (Phi) is 4.90. The Bertz CT molecular complexity index is 1150. The average molecular weight is 391 g/mol. The molecule has 0 unspecified atom stereocenters. The SMILES string of the molecule is COc1cc(Nc2ncc3ccn(-c4ccnc(C)c4)c3n2)cc(OC)c1OC. The topological polar surface area (TPSA) is 83.3 Å². The molecule has 4 rings (SSSR count). The number of methoxy groups -OCH3 is 3. The standard InChI is InChI=1S/C21H21N5O3/c1-13-9-16(5-7-22-13)26-8-6-14-12-23-21(25-20(14)26)24-15-10-17(27-2)19(29-4)18(11-15)28-3/h5-12H,1-4H3,(H,23,24,25). The van der Waals surface area contributed by atoms with Crippen molar-refractivity contribution in [3.63, 3.8) is 0 Å². The smallest absolute Gasteiger partial charge is 0.229 e. The number of fused-ring (bicyclic) bond motifs is 1. The van der Waals surface area contributed by atoms with E-state index in [1.807, 2.05) is 35.9 Å². The Labute approximate surface area is 168 Å². The summed E-state index contributed by atoms with van der Waals surface area (Å²) in [6.07, 6.45) is 5.54. The van der Waals surface area contributed by atoms with E-state index >= 15 is 0 Å². The number of aromatic nitrogens is 4. The van der Waals surface area contributed by atoms with Gasteiger partial charge < -0.3 is 24.1 Å². The molecule has 8 nitrogen and oxygen atoms in total. The van der Waals surface area contributed by atoms with Crippen LogP contribution in [0.25, 0.3) is 16.7 Å². The fourth-order valence-corrected chi connectivity index (χ4v) is 3.15. The number of ether oxygens (including phenoxy) is 3. The molecule has 0 spiro atoms. The summed E-state index contributed by atoms with van der Waals surface area (Å²) >= 11 is 0. The molecule has 3 heterocycles. The quantitative estimate of drug-likeness (QED) is 0.534. The summed E-state index contributed by atoms with van der Waals surface area (Å²) in [6, 6.07) is 9.55. The zero-order chi connectivity index (χ0) is 20.4. The fraction of sp³-hybridized carbons (Fsp3) is 0.190. The lowest BCUT2D eigenvalue weighted by Crippen LogP contribution is -2.02. The third-order valence-electron chi connectivity index (χ3n) is 4.51. The van der Waals surface area contributed by atoms with Crippen molar-refractivity contribution in [2.45, 2.75) is 6.92 Å². The molecule has 29 heavy (non-hydrogen) atoms. The van der Waals surface area contributed by atoms with E-state index in [9.17, 15) is 0 Å². The first-order chi connectivity index (χ1) is 14.1. The molecule has 148 valence electrons. The van der Waals surface area contributed by atoms with Crippen LogP contribution in [-0.4, -0.2) is 40.8 Å². The molecule has 0 atom stereocenters. The third-order valence-corrected chi connectivity index (χ3v) is 4.51. The molecule has 0 radical (unpaired) electrons. The van der Waals surface area contributed by atoms with E-state index in [1.165, 1.54) is 0 Å². The van der Waals surface area contributed by atoms with Crippen molar-refractivity contribution < 1.29 is 14.2 Å². The third kappa shape index (κ3) is 3.52. The molecule has 0 amide bonds. The molecule has 0 saturated heterocycles. The Balaban J connectivity index is 1.73. The number of pyridine rings is 1. The summed E-state index contributed by atoms with van der Waals surface area (Å²) in [7, 11) is 4.72. The Hall–Kier alpha value is -3.81.